The van der Waals surface area contributed by atoms with Crippen LogP contribution in [0.25, 0.3) is 33.4 Å². The first-order chi connectivity index (χ1) is 15.8. The Kier molecular flexibility index (Phi) is 4.31. The third-order valence-electron chi connectivity index (χ3n) is 7.14. The van der Waals surface area contributed by atoms with Crippen LogP contribution in [0, 0.1) is 13.8 Å². The van der Waals surface area contributed by atoms with Crippen molar-refractivity contribution in [1.29, 1.82) is 0 Å². The van der Waals surface area contributed by atoms with Crippen molar-refractivity contribution >= 4 is 16.8 Å². The van der Waals surface area contributed by atoms with Crippen molar-refractivity contribution in [3.63, 3.8) is 0 Å². The van der Waals surface area contributed by atoms with Gasteiger partial charge in [-0.3, -0.25) is 14.2 Å². The summed E-state index contributed by atoms with van der Waals surface area (Å²) in [6, 6.07) is 4.45. The predicted octanol–water partition coefficient (Wildman–Crippen LogP) is 3.69. The van der Waals surface area contributed by atoms with E-state index in [0.717, 1.165) is 57.9 Å². The lowest BCUT2D eigenvalue weighted by atomic mass is 9.99. The minimum Gasteiger partial charge on any atom is -0.335 e. The molecule has 1 fully saturated rings. The van der Waals surface area contributed by atoms with E-state index in [4.69, 9.17) is 10.1 Å². The van der Waals surface area contributed by atoms with Crippen molar-refractivity contribution < 1.29 is 4.79 Å². The number of carbonyl (C=O) groups excluding carboxylic acids is 1. The lowest BCUT2D eigenvalue weighted by molar-refractivity contribution is -0.130. The van der Waals surface area contributed by atoms with Crippen LogP contribution in [0.1, 0.15) is 48.5 Å². The number of rotatable bonds is 3. The van der Waals surface area contributed by atoms with Crippen LogP contribution >= 0.6 is 0 Å². The van der Waals surface area contributed by atoms with Gasteiger partial charge >= 0.3 is 0 Å². The molecule has 1 aliphatic carbocycles. The maximum absolute atomic E-state index is 12.2. The smallest absolute Gasteiger partial charge is 0.219 e. The van der Waals surface area contributed by atoms with Gasteiger partial charge < -0.3 is 9.47 Å². The van der Waals surface area contributed by atoms with E-state index in [0.29, 0.717) is 12.5 Å². The quantitative estimate of drug-likeness (QED) is 0.484. The summed E-state index contributed by atoms with van der Waals surface area (Å²) in [5, 5.41) is 10.5. The second-order valence-corrected chi connectivity index (χ2v) is 9.59. The number of hydrogen-bond acceptors (Lipinski definition) is 4. The summed E-state index contributed by atoms with van der Waals surface area (Å²) < 4.78 is 6.17. The van der Waals surface area contributed by atoms with Crippen molar-refractivity contribution in [1.82, 2.24) is 34.0 Å². The van der Waals surface area contributed by atoms with Gasteiger partial charge in [-0.15, -0.1) is 0 Å². The van der Waals surface area contributed by atoms with E-state index in [2.05, 4.69) is 28.7 Å². The third-order valence-corrected chi connectivity index (χ3v) is 7.14. The van der Waals surface area contributed by atoms with E-state index in [-0.39, 0.29) is 5.91 Å². The SMILES string of the molecule is CC(=O)N1CCn2c(C3CC3)nc(-c3cc4c(-c5cn(C)nc5C)nn(C)c4cc3C)c2C1. The molecule has 4 heterocycles. The Labute approximate surface area is 192 Å². The number of imidazole rings is 1. The topological polar surface area (TPSA) is 73.8 Å². The summed E-state index contributed by atoms with van der Waals surface area (Å²) in [5.74, 6) is 1.87. The van der Waals surface area contributed by atoms with Gasteiger partial charge in [-0.05, 0) is 44.4 Å². The van der Waals surface area contributed by atoms with Gasteiger partial charge in [0.15, 0.2) is 0 Å². The zero-order valence-corrected chi connectivity index (χ0v) is 19.9. The molecule has 2 aliphatic rings. The number of hydrogen-bond donors (Lipinski definition) is 0. The largest absolute Gasteiger partial charge is 0.335 e. The fraction of sp³-hybridized carbons (Fsp3) is 0.440. The second kappa shape index (κ2) is 7.04. The summed E-state index contributed by atoms with van der Waals surface area (Å²) in [6.45, 7) is 8.01. The maximum Gasteiger partial charge on any atom is 0.219 e. The zero-order chi connectivity index (χ0) is 23.0. The third kappa shape index (κ3) is 3.11. The van der Waals surface area contributed by atoms with E-state index >= 15 is 0 Å². The Bertz CT molecular complexity index is 1430. The minimum absolute atomic E-state index is 0.121. The molecule has 0 unspecified atom stereocenters. The number of amides is 1. The first-order valence-corrected chi connectivity index (χ1v) is 11.6. The molecular weight excluding hydrogens is 414 g/mol. The molecule has 33 heavy (non-hydrogen) atoms. The van der Waals surface area contributed by atoms with Gasteiger partial charge in [0.1, 0.15) is 11.5 Å². The molecule has 0 atom stereocenters. The summed E-state index contributed by atoms with van der Waals surface area (Å²) in [6.07, 6.45) is 4.44. The molecule has 1 aromatic carbocycles. The molecule has 8 nitrogen and oxygen atoms in total. The first kappa shape index (κ1) is 20.2. The fourth-order valence-corrected chi connectivity index (χ4v) is 5.23. The van der Waals surface area contributed by atoms with Crippen LogP contribution in [0.2, 0.25) is 0 Å². The van der Waals surface area contributed by atoms with E-state index in [1.165, 1.54) is 24.2 Å². The van der Waals surface area contributed by atoms with Crippen molar-refractivity contribution in [3.8, 4) is 22.5 Å². The molecule has 4 aromatic rings. The normalized spacial score (nSPS) is 16.0. The van der Waals surface area contributed by atoms with Gasteiger partial charge in [-0.2, -0.15) is 10.2 Å². The number of aromatic nitrogens is 6. The van der Waals surface area contributed by atoms with Crippen LogP contribution in [-0.2, 0) is 32.0 Å². The van der Waals surface area contributed by atoms with E-state index in [1.807, 2.05) is 41.5 Å². The molecule has 6 rings (SSSR count). The fourth-order valence-electron chi connectivity index (χ4n) is 5.23. The molecule has 1 amide bonds. The van der Waals surface area contributed by atoms with Crippen molar-refractivity contribution in [2.24, 2.45) is 14.1 Å². The monoisotopic (exact) mass is 443 g/mol. The molecule has 0 saturated heterocycles. The predicted molar refractivity (Wildman–Crippen MR) is 127 cm³/mol. The molecule has 0 radical (unpaired) electrons. The molecule has 1 aliphatic heterocycles. The molecular formula is C25H29N7O. The van der Waals surface area contributed by atoms with Crippen LogP contribution in [-0.4, -0.2) is 46.5 Å². The van der Waals surface area contributed by atoms with E-state index in [1.54, 1.807) is 6.92 Å². The van der Waals surface area contributed by atoms with Gasteiger partial charge in [0.25, 0.3) is 0 Å². The summed E-state index contributed by atoms with van der Waals surface area (Å²) in [4.78, 5) is 19.3. The van der Waals surface area contributed by atoms with Gasteiger partial charge in [0, 0.05) is 62.7 Å². The van der Waals surface area contributed by atoms with Crippen molar-refractivity contribution in [3.05, 3.63) is 41.1 Å². The average Bonchev–Trinajstić information content (AvgIpc) is 3.37. The second-order valence-electron chi connectivity index (χ2n) is 9.59. The highest BCUT2D eigenvalue weighted by atomic mass is 16.2. The summed E-state index contributed by atoms with van der Waals surface area (Å²) in [7, 11) is 3.93. The van der Waals surface area contributed by atoms with Crippen LogP contribution in [0.4, 0.5) is 0 Å². The van der Waals surface area contributed by atoms with Crippen LogP contribution in [0.3, 0.4) is 0 Å². The lowest BCUT2D eigenvalue weighted by Gasteiger charge is -2.28. The minimum atomic E-state index is 0.121. The van der Waals surface area contributed by atoms with Crippen LogP contribution < -0.4 is 0 Å². The maximum atomic E-state index is 12.2. The number of nitrogens with zero attached hydrogens (tertiary/aromatic N) is 7. The number of aryl methyl sites for hydroxylation is 4. The Hall–Kier alpha value is -3.42. The molecule has 1 saturated carbocycles. The summed E-state index contributed by atoms with van der Waals surface area (Å²) in [5.41, 5.74) is 8.51. The average molecular weight is 444 g/mol. The molecule has 170 valence electrons. The Morgan fingerprint density at radius 1 is 1.03 bits per heavy atom. The number of fused-ring (bicyclic) bond motifs is 2. The standard InChI is InChI=1S/C25H29N7O/c1-14-10-21-19(23(28-30(21)5)20-12-29(4)27-15(20)2)11-18(14)24-22-13-31(16(3)33)8-9-32(22)25(26-24)17-6-7-17/h10-12,17H,6-9,13H2,1-5H3. The Balaban J connectivity index is 1.57. The highest BCUT2D eigenvalue weighted by Crippen LogP contribution is 2.43. The number of carbonyl (C=O) groups is 1. The first-order valence-electron chi connectivity index (χ1n) is 11.6. The highest BCUT2D eigenvalue weighted by molar-refractivity contribution is 5.97. The molecule has 8 heteroatoms. The van der Waals surface area contributed by atoms with Crippen molar-refractivity contribution in [2.75, 3.05) is 6.54 Å². The van der Waals surface area contributed by atoms with Crippen LogP contribution in [0.5, 0.6) is 0 Å². The van der Waals surface area contributed by atoms with Gasteiger partial charge in [-0.1, -0.05) is 0 Å². The molecule has 0 spiro atoms. The lowest BCUT2D eigenvalue weighted by Crippen LogP contribution is -2.37. The molecule has 0 N–H and O–H groups in total. The van der Waals surface area contributed by atoms with E-state index < -0.39 is 0 Å². The van der Waals surface area contributed by atoms with Crippen LogP contribution in [0.15, 0.2) is 18.3 Å². The number of benzene rings is 1. The summed E-state index contributed by atoms with van der Waals surface area (Å²) >= 11 is 0. The van der Waals surface area contributed by atoms with Gasteiger partial charge in [-0.25, -0.2) is 4.98 Å². The van der Waals surface area contributed by atoms with E-state index in [9.17, 15) is 4.79 Å². The molecule has 0 bridgehead atoms. The zero-order valence-electron chi connectivity index (χ0n) is 19.9. The van der Waals surface area contributed by atoms with Gasteiger partial charge in [0.2, 0.25) is 5.91 Å². The Morgan fingerprint density at radius 2 is 1.82 bits per heavy atom. The van der Waals surface area contributed by atoms with Crippen molar-refractivity contribution in [2.45, 2.75) is 52.6 Å². The molecule has 3 aromatic heterocycles. The highest BCUT2D eigenvalue weighted by Gasteiger charge is 2.34. The van der Waals surface area contributed by atoms with Gasteiger partial charge in [0.05, 0.1) is 29.1 Å². The Morgan fingerprint density at radius 3 is 2.48 bits per heavy atom.